The molecule has 1 N–H and O–H groups in total. The summed E-state index contributed by atoms with van der Waals surface area (Å²) in [7, 11) is 0. The second kappa shape index (κ2) is 14.1. The van der Waals surface area contributed by atoms with Crippen LogP contribution in [0.5, 0.6) is 0 Å². The Bertz CT molecular complexity index is 587. The van der Waals surface area contributed by atoms with Gasteiger partial charge in [0.25, 0.3) is 5.91 Å². The number of unbranched alkanes of at least 4 members (excludes halogenated alkanes) is 9. The van der Waals surface area contributed by atoms with Gasteiger partial charge in [-0.05, 0) is 25.5 Å². The molecule has 0 spiro atoms. The van der Waals surface area contributed by atoms with Gasteiger partial charge < -0.3 is 10.1 Å². The number of amides is 1. The number of esters is 1. The van der Waals surface area contributed by atoms with E-state index in [1.807, 2.05) is 0 Å². The maximum Gasteiger partial charge on any atom is 0.328 e. The fourth-order valence-electron chi connectivity index (χ4n) is 2.93. The highest BCUT2D eigenvalue weighted by atomic mass is 19.1. The normalized spacial score (nSPS) is 11.9. The van der Waals surface area contributed by atoms with Gasteiger partial charge in [0.15, 0.2) is 0 Å². The average molecular weight is 398 g/mol. The number of ether oxygens (including phenoxy) is 1. The predicted molar refractivity (Wildman–Crippen MR) is 106 cm³/mol. The van der Waals surface area contributed by atoms with E-state index in [2.05, 4.69) is 12.2 Å². The molecular formula is C22H33F2NO3. The van der Waals surface area contributed by atoms with Crippen LogP contribution >= 0.6 is 0 Å². The van der Waals surface area contributed by atoms with Crippen LogP contribution in [-0.2, 0) is 9.53 Å². The number of hydrogen-bond acceptors (Lipinski definition) is 3. The summed E-state index contributed by atoms with van der Waals surface area (Å²) in [5.41, 5.74) is -0.697. The number of rotatable bonds is 14. The van der Waals surface area contributed by atoms with E-state index in [9.17, 15) is 18.4 Å². The topological polar surface area (TPSA) is 55.4 Å². The van der Waals surface area contributed by atoms with Crippen LogP contribution in [0.25, 0.3) is 0 Å². The first-order valence-corrected chi connectivity index (χ1v) is 10.4. The van der Waals surface area contributed by atoms with Crippen molar-refractivity contribution in [2.75, 3.05) is 6.61 Å². The first-order valence-electron chi connectivity index (χ1n) is 10.4. The third-order valence-electron chi connectivity index (χ3n) is 4.63. The fraction of sp³-hybridized carbons (Fsp3) is 0.636. The van der Waals surface area contributed by atoms with Crippen LogP contribution in [0.15, 0.2) is 18.2 Å². The Hall–Kier alpha value is -1.98. The predicted octanol–water partition coefficient (Wildman–Crippen LogP) is 5.55. The highest BCUT2D eigenvalue weighted by Gasteiger charge is 2.22. The Kier molecular flexibility index (Phi) is 12.1. The minimum atomic E-state index is -0.977. The molecule has 0 unspecified atom stereocenters. The molecule has 4 nitrogen and oxygen atoms in total. The zero-order chi connectivity index (χ0) is 20.8. The SMILES string of the molecule is CCCCCCCCCCCCOC(=O)[C@H](C)NC(=O)c1c(F)cccc1F. The minimum absolute atomic E-state index is 0.281. The number of benzene rings is 1. The zero-order valence-corrected chi connectivity index (χ0v) is 17.1. The van der Waals surface area contributed by atoms with Crippen LogP contribution in [0.3, 0.4) is 0 Å². The lowest BCUT2D eigenvalue weighted by Crippen LogP contribution is -2.40. The minimum Gasteiger partial charge on any atom is -0.464 e. The second-order valence-electron chi connectivity index (χ2n) is 7.14. The van der Waals surface area contributed by atoms with Crippen molar-refractivity contribution in [2.24, 2.45) is 0 Å². The summed E-state index contributed by atoms with van der Waals surface area (Å²) in [4.78, 5) is 23.9. The molecule has 1 aromatic carbocycles. The summed E-state index contributed by atoms with van der Waals surface area (Å²) in [5.74, 6) is -3.52. The molecule has 1 rings (SSSR count). The maximum atomic E-state index is 13.6. The summed E-state index contributed by atoms with van der Waals surface area (Å²) in [5, 5.41) is 2.27. The van der Waals surface area contributed by atoms with Crippen LogP contribution in [0.1, 0.15) is 88.4 Å². The Morgan fingerprint density at radius 2 is 1.43 bits per heavy atom. The summed E-state index contributed by atoms with van der Waals surface area (Å²) in [6, 6.07) is 2.18. The van der Waals surface area contributed by atoms with Crippen molar-refractivity contribution in [3.63, 3.8) is 0 Å². The van der Waals surface area contributed by atoms with Gasteiger partial charge in [-0.3, -0.25) is 4.79 Å². The lowest BCUT2D eigenvalue weighted by atomic mass is 10.1. The summed E-state index contributed by atoms with van der Waals surface area (Å²) >= 11 is 0. The smallest absolute Gasteiger partial charge is 0.328 e. The van der Waals surface area contributed by atoms with Crippen molar-refractivity contribution in [3.8, 4) is 0 Å². The first-order chi connectivity index (χ1) is 13.5. The largest absolute Gasteiger partial charge is 0.464 e. The Balaban J connectivity index is 2.14. The maximum absolute atomic E-state index is 13.6. The average Bonchev–Trinajstić information content (AvgIpc) is 2.65. The van der Waals surface area contributed by atoms with E-state index in [-0.39, 0.29) is 6.61 Å². The zero-order valence-electron chi connectivity index (χ0n) is 17.1. The van der Waals surface area contributed by atoms with E-state index in [0.717, 1.165) is 31.4 Å². The van der Waals surface area contributed by atoms with Gasteiger partial charge in [-0.1, -0.05) is 70.8 Å². The van der Waals surface area contributed by atoms with Gasteiger partial charge in [0.05, 0.1) is 6.61 Å². The van der Waals surface area contributed by atoms with Gasteiger partial charge in [-0.25, -0.2) is 13.6 Å². The van der Waals surface area contributed by atoms with Crippen LogP contribution < -0.4 is 5.32 Å². The molecule has 0 bridgehead atoms. The van der Waals surface area contributed by atoms with Crippen molar-refractivity contribution in [1.82, 2.24) is 5.32 Å². The molecular weight excluding hydrogens is 364 g/mol. The van der Waals surface area contributed by atoms with Crippen LogP contribution in [0.2, 0.25) is 0 Å². The molecule has 0 aromatic heterocycles. The van der Waals surface area contributed by atoms with E-state index in [0.29, 0.717) is 0 Å². The van der Waals surface area contributed by atoms with Crippen molar-refractivity contribution >= 4 is 11.9 Å². The van der Waals surface area contributed by atoms with Crippen molar-refractivity contribution in [3.05, 3.63) is 35.4 Å². The van der Waals surface area contributed by atoms with Crippen LogP contribution in [0, 0.1) is 11.6 Å². The van der Waals surface area contributed by atoms with E-state index >= 15 is 0 Å². The lowest BCUT2D eigenvalue weighted by molar-refractivity contribution is -0.145. The molecule has 28 heavy (non-hydrogen) atoms. The standard InChI is InChI=1S/C22H33F2NO3/c1-3-4-5-6-7-8-9-10-11-12-16-28-22(27)17(2)25-21(26)20-18(23)14-13-15-19(20)24/h13-15,17H,3-12,16H2,1-2H3,(H,25,26)/t17-/m0/s1. The quantitative estimate of drug-likeness (QED) is 0.331. The van der Waals surface area contributed by atoms with Crippen LogP contribution in [-0.4, -0.2) is 24.5 Å². The molecule has 0 aliphatic heterocycles. The van der Waals surface area contributed by atoms with Gasteiger partial charge in [0.1, 0.15) is 23.2 Å². The van der Waals surface area contributed by atoms with Gasteiger partial charge in [0, 0.05) is 0 Å². The molecule has 0 saturated carbocycles. The number of hydrogen-bond donors (Lipinski definition) is 1. The van der Waals surface area contributed by atoms with Crippen molar-refractivity contribution in [1.29, 1.82) is 0 Å². The highest BCUT2D eigenvalue weighted by Crippen LogP contribution is 2.12. The van der Waals surface area contributed by atoms with Crippen LogP contribution in [0.4, 0.5) is 8.78 Å². The van der Waals surface area contributed by atoms with Gasteiger partial charge in [0.2, 0.25) is 0 Å². The second-order valence-corrected chi connectivity index (χ2v) is 7.14. The Labute approximate surface area is 167 Å². The molecule has 0 radical (unpaired) electrons. The highest BCUT2D eigenvalue weighted by molar-refractivity contribution is 5.97. The van der Waals surface area contributed by atoms with E-state index in [1.165, 1.54) is 57.9 Å². The van der Waals surface area contributed by atoms with E-state index in [1.54, 1.807) is 0 Å². The molecule has 0 aliphatic rings. The molecule has 6 heteroatoms. The number of halogens is 2. The molecule has 158 valence electrons. The van der Waals surface area contributed by atoms with Crippen molar-refractivity contribution < 1.29 is 23.1 Å². The third kappa shape index (κ3) is 9.29. The fourth-order valence-corrected chi connectivity index (χ4v) is 2.93. The monoisotopic (exact) mass is 397 g/mol. The van der Waals surface area contributed by atoms with Gasteiger partial charge in [-0.2, -0.15) is 0 Å². The third-order valence-corrected chi connectivity index (χ3v) is 4.63. The summed E-state index contributed by atoms with van der Waals surface area (Å²) in [6.45, 7) is 3.92. The van der Waals surface area contributed by atoms with E-state index < -0.39 is 35.1 Å². The molecule has 1 aromatic rings. The van der Waals surface area contributed by atoms with Crippen molar-refractivity contribution in [2.45, 2.75) is 84.1 Å². The molecule has 1 amide bonds. The molecule has 0 heterocycles. The molecule has 0 fully saturated rings. The number of nitrogens with one attached hydrogen (secondary N) is 1. The Morgan fingerprint density at radius 3 is 1.96 bits per heavy atom. The van der Waals surface area contributed by atoms with E-state index in [4.69, 9.17) is 4.74 Å². The Morgan fingerprint density at radius 1 is 0.929 bits per heavy atom. The lowest BCUT2D eigenvalue weighted by Gasteiger charge is -2.14. The summed E-state index contributed by atoms with van der Waals surface area (Å²) in [6.07, 6.45) is 11.8. The number of carbonyl (C=O) groups is 2. The van der Waals surface area contributed by atoms with Gasteiger partial charge >= 0.3 is 5.97 Å². The molecule has 0 saturated heterocycles. The first kappa shape index (κ1) is 24.1. The molecule has 0 aliphatic carbocycles. The number of carbonyl (C=O) groups excluding carboxylic acids is 2. The summed E-state index contributed by atoms with van der Waals surface area (Å²) < 4.78 is 32.3. The van der Waals surface area contributed by atoms with Gasteiger partial charge in [-0.15, -0.1) is 0 Å². The molecule has 1 atom stereocenters.